The lowest BCUT2D eigenvalue weighted by Gasteiger charge is -2.15. The van der Waals surface area contributed by atoms with Crippen molar-refractivity contribution in [2.45, 2.75) is 13.6 Å². The maximum atomic E-state index is 12.6. The van der Waals surface area contributed by atoms with Gasteiger partial charge < -0.3 is 16.8 Å². The zero-order valence-electron chi connectivity index (χ0n) is 13.3. The van der Waals surface area contributed by atoms with Crippen LogP contribution in [0.4, 0.5) is 24.5 Å². The number of amidine groups is 1. The van der Waals surface area contributed by atoms with Crippen molar-refractivity contribution >= 4 is 17.2 Å². The monoisotopic (exact) mass is 368 g/mol. The number of nitrogens with one attached hydrogen (secondary N) is 1. The number of rotatable bonds is 6. The minimum Gasteiger partial charge on any atom is -0.382 e. The Balaban J connectivity index is 0.00000338. The van der Waals surface area contributed by atoms with Crippen molar-refractivity contribution in [3.8, 4) is 0 Å². The first-order valence-corrected chi connectivity index (χ1v) is 7.41. The molecule has 0 fully saturated rings. The predicted octanol–water partition coefficient (Wildman–Crippen LogP) is 2.84. The Morgan fingerprint density at radius 3 is 2.27 bits per heavy atom. The van der Waals surface area contributed by atoms with Crippen molar-refractivity contribution in [1.82, 2.24) is 5.12 Å². The molecule has 0 unspecified atom stereocenters. The molecule has 0 aliphatic carbocycles. The molecule has 6 nitrogen and oxygen atoms in total. The van der Waals surface area contributed by atoms with Crippen molar-refractivity contribution in [3.63, 3.8) is 0 Å². The predicted molar refractivity (Wildman–Crippen MR) is 98.6 cm³/mol. The van der Waals surface area contributed by atoms with E-state index in [1.54, 1.807) is 24.3 Å². The van der Waals surface area contributed by atoms with Crippen molar-refractivity contribution in [2.24, 2.45) is 22.4 Å². The van der Waals surface area contributed by atoms with E-state index in [9.17, 15) is 13.2 Å². The van der Waals surface area contributed by atoms with E-state index in [0.717, 1.165) is 17.3 Å². The molecular weight excluding hydrogens is 345 g/mol. The fourth-order valence-electron chi connectivity index (χ4n) is 2.09. The Morgan fingerprint density at radius 1 is 1.08 bits per heavy atom. The van der Waals surface area contributed by atoms with E-state index >= 15 is 0 Å². The van der Waals surface area contributed by atoms with E-state index in [4.69, 9.17) is 17.3 Å². The van der Waals surface area contributed by atoms with Crippen LogP contribution < -0.4 is 22.6 Å². The Labute approximate surface area is 150 Å². The Morgan fingerprint density at radius 2 is 1.69 bits per heavy atom. The van der Waals surface area contributed by atoms with Gasteiger partial charge in [0, 0.05) is 23.5 Å². The highest BCUT2D eigenvalue weighted by molar-refractivity contribution is 6.02. The third-order valence-electron chi connectivity index (χ3n) is 3.29. The van der Waals surface area contributed by atoms with Crippen molar-refractivity contribution in [1.29, 1.82) is 0 Å². The van der Waals surface area contributed by atoms with Crippen LogP contribution in [0.25, 0.3) is 0 Å². The second kappa shape index (κ2) is 9.07. The molecule has 0 heterocycles. The van der Waals surface area contributed by atoms with Crippen molar-refractivity contribution in [3.05, 3.63) is 59.7 Å². The van der Waals surface area contributed by atoms with Gasteiger partial charge in [-0.3, -0.25) is 0 Å². The van der Waals surface area contributed by atoms with Crippen LogP contribution >= 0.6 is 0 Å². The number of hydrogen-bond donors (Lipinski definition) is 4. The molecule has 0 saturated heterocycles. The van der Waals surface area contributed by atoms with Gasteiger partial charge in [0.25, 0.3) is 0 Å². The number of nitrogens with two attached hydrogens (primary N) is 3. The highest BCUT2D eigenvalue weighted by Gasteiger charge is 2.29. The molecule has 142 valence electrons. The second-order valence-electron chi connectivity index (χ2n) is 5.18. The summed E-state index contributed by atoms with van der Waals surface area (Å²) in [4.78, 5) is 0. The summed E-state index contributed by atoms with van der Waals surface area (Å²) in [6, 6.07) is 11.7. The lowest BCUT2D eigenvalue weighted by atomic mass is 10.1. The number of alkyl halides is 3. The minimum atomic E-state index is -4.37. The van der Waals surface area contributed by atoms with Gasteiger partial charge >= 0.3 is 6.18 Å². The molecule has 0 bridgehead atoms. The average molecular weight is 368 g/mol. The molecule has 0 aliphatic rings. The molecular formula is C17H23F3N6. The molecule has 0 amide bonds. The number of hydrazone groups is 1. The number of hydrogen-bond acceptors (Lipinski definition) is 5. The molecule has 0 atom stereocenters. The first-order valence-electron chi connectivity index (χ1n) is 7.41. The summed E-state index contributed by atoms with van der Waals surface area (Å²) >= 11 is 0. The third kappa shape index (κ3) is 5.64. The topological polar surface area (TPSA) is 106 Å². The number of halogens is 3. The zero-order chi connectivity index (χ0) is 18.4. The van der Waals surface area contributed by atoms with Crippen molar-refractivity contribution < 1.29 is 13.2 Å². The van der Waals surface area contributed by atoms with Gasteiger partial charge in [-0.05, 0) is 36.4 Å². The van der Waals surface area contributed by atoms with Gasteiger partial charge in [-0.15, -0.1) is 5.10 Å². The molecule has 26 heavy (non-hydrogen) atoms. The SMILES string of the molecule is C.NCCN(N)/N=C(\N)c1ccccc1Nc1ccc(C(F)(F)F)cc1. The van der Waals surface area contributed by atoms with Crippen LogP contribution in [0.2, 0.25) is 0 Å². The molecule has 0 aliphatic heterocycles. The summed E-state index contributed by atoms with van der Waals surface area (Å²) in [5.41, 5.74) is 12.3. The van der Waals surface area contributed by atoms with E-state index in [0.29, 0.717) is 30.0 Å². The molecule has 2 aromatic carbocycles. The number of anilines is 2. The minimum absolute atomic E-state index is 0. The standard InChI is InChI=1S/C16H19F3N6.CH4/c17-16(18,19)11-5-7-12(8-6-11)23-14-4-2-1-3-13(14)15(21)24-25(22)10-9-20;/h1-8,23H,9-10,20,22H2,(H2,21,24);1H4. The first kappa shape index (κ1) is 21.3. The Hall–Kier alpha value is -2.78. The van der Waals surface area contributed by atoms with Crippen LogP contribution in [0.1, 0.15) is 18.6 Å². The molecule has 0 spiro atoms. The summed E-state index contributed by atoms with van der Waals surface area (Å²) < 4.78 is 37.9. The number of benzene rings is 2. The van der Waals surface area contributed by atoms with Gasteiger partial charge in [-0.1, -0.05) is 19.6 Å². The molecule has 2 aromatic rings. The molecule has 2 rings (SSSR count). The van der Waals surface area contributed by atoms with Crippen LogP contribution in [0.5, 0.6) is 0 Å². The average Bonchev–Trinajstić information content (AvgIpc) is 2.55. The van der Waals surface area contributed by atoms with E-state index < -0.39 is 11.7 Å². The van der Waals surface area contributed by atoms with E-state index in [2.05, 4.69) is 10.4 Å². The second-order valence-corrected chi connectivity index (χ2v) is 5.18. The zero-order valence-corrected chi connectivity index (χ0v) is 13.3. The van der Waals surface area contributed by atoms with Gasteiger partial charge in [0.1, 0.15) is 0 Å². The first-order chi connectivity index (χ1) is 11.8. The molecule has 9 heteroatoms. The molecule has 0 aromatic heterocycles. The summed E-state index contributed by atoms with van der Waals surface area (Å²) in [6.45, 7) is 0.647. The quantitative estimate of drug-likeness (QED) is 0.272. The summed E-state index contributed by atoms with van der Waals surface area (Å²) in [6.07, 6.45) is -4.37. The smallest absolute Gasteiger partial charge is 0.382 e. The van der Waals surface area contributed by atoms with Crippen LogP contribution in [-0.4, -0.2) is 24.0 Å². The fraction of sp³-hybridized carbons (Fsp3) is 0.235. The number of hydrazine groups is 1. The highest BCUT2D eigenvalue weighted by atomic mass is 19.4. The van der Waals surface area contributed by atoms with E-state index in [1.165, 1.54) is 12.1 Å². The number of para-hydroxylation sites is 1. The highest BCUT2D eigenvalue weighted by Crippen LogP contribution is 2.30. The van der Waals surface area contributed by atoms with Crippen LogP contribution in [-0.2, 0) is 6.18 Å². The maximum absolute atomic E-state index is 12.6. The van der Waals surface area contributed by atoms with Crippen LogP contribution in [0.3, 0.4) is 0 Å². The third-order valence-corrected chi connectivity index (χ3v) is 3.29. The Bertz CT molecular complexity index is 728. The lowest BCUT2D eigenvalue weighted by Crippen LogP contribution is -2.33. The van der Waals surface area contributed by atoms with Crippen molar-refractivity contribution in [2.75, 3.05) is 18.4 Å². The lowest BCUT2D eigenvalue weighted by molar-refractivity contribution is -0.137. The maximum Gasteiger partial charge on any atom is 0.416 e. The van der Waals surface area contributed by atoms with Gasteiger partial charge in [0.05, 0.1) is 12.1 Å². The number of nitrogens with zero attached hydrogens (tertiary/aromatic N) is 2. The molecule has 7 N–H and O–H groups in total. The van der Waals surface area contributed by atoms with Crippen LogP contribution in [0, 0.1) is 0 Å². The van der Waals surface area contributed by atoms with Gasteiger partial charge in [-0.2, -0.15) is 13.2 Å². The molecule has 0 saturated carbocycles. The largest absolute Gasteiger partial charge is 0.416 e. The van der Waals surface area contributed by atoms with Gasteiger partial charge in [0.2, 0.25) is 0 Å². The fourth-order valence-corrected chi connectivity index (χ4v) is 2.09. The normalized spacial score (nSPS) is 11.7. The van der Waals surface area contributed by atoms with E-state index in [-0.39, 0.29) is 13.3 Å². The summed E-state index contributed by atoms with van der Waals surface area (Å²) in [5, 5.41) is 8.18. The molecule has 0 radical (unpaired) electrons. The summed E-state index contributed by atoms with van der Waals surface area (Å²) in [5.74, 6) is 5.80. The van der Waals surface area contributed by atoms with E-state index in [1.807, 2.05) is 0 Å². The Kier molecular flexibility index (Phi) is 7.41. The van der Waals surface area contributed by atoms with Crippen LogP contribution in [0.15, 0.2) is 53.6 Å². The van der Waals surface area contributed by atoms with Gasteiger partial charge in [0.15, 0.2) is 5.84 Å². The summed E-state index contributed by atoms with van der Waals surface area (Å²) in [7, 11) is 0. The van der Waals surface area contributed by atoms with Gasteiger partial charge in [-0.25, -0.2) is 11.0 Å².